The lowest BCUT2D eigenvalue weighted by atomic mass is 9.94. The van der Waals surface area contributed by atoms with Crippen molar-refractivity contribution in [3.63, 3.8) is 0 Å². The molecule has 1 aromatic rings. The van der Waals surface area contributed by atoms with E-state index in [1.807, 2.05) is 11.3 Å². The molecule has 0 aliphatic carbocycles. The highest BCUT2D eigenvalue weighted by molar-refractivity contribution is 7.12. The van der Waals surface area contributed by atoms with Crippen molar-refractivity contribution >= 4 is 22.9 Å². The van der Waals surface area contributed by atoms with Gasteiger partial charge in [0.1, 0.15) is 0 Å². The predicted octanol–water partition coefficient (Wildman–Crippen LogP) is 4.75. The predicted molar refractivity (Wildman–Crippen MR) is 75.2 cm³/mol. The molecule has 96 valence electrons. The molecule has 0 aromatic carbocycles. The molecule has 0 saturated carbocycles. The first-order valence-electron chi connectivity index (χ1n) is 6.30. The van der Waals surface area contributed by atoms with Gasteiger partial charge in [0.2, 0.25) is 0 Å². The fraction of sp³-hybridized carbons (Fsp3) is 0.714. The molecule has 17 heavy (non-hydrogen) atoms. The zero-order chi connectivity index (χ0) is 12.5. The van der Waals surface area contributed by atoms with Crippen LogP contribution in [0.5, 0.6) is 0 Å². The van der Waals surface area contributed by atoms with Gasteiger partial charge in [-0.05, 0) is 30.4 Å². The van der Waals surface area contributed by atoms with Crippen LogP contribution in [-0.4, -0.2) is 12.5 Å². The zero-order valence-electron chi connectivity index (χ0n) is 10.8. The summed E-state index contributed by atoms with van der Waals surface area (Å²) in [5.74, 6) is 1.19. The summed E-state index contributed by atoms with van der Waals surface area (Å²) in [6.45, 7) is 7.64. The van der Waals surface area contributed by atoms with Gasteiger partial charge in [-0.2, -0.15) is 0 Å². The van der Waals surface area contributed by atoms with Gasteiger partial charge in [-0.25, -0.2) is 0 Å². The molecule has 0 N–H and O–H groups in total. The van der Waals surface area contributed by atoms with Crippen LogP contribution < -0.4 is 0 Å². The van der Waals surface area contributed by atoms with Gasteiger partial charge in [0, 0.05) is 28.2 Å². The van der Waals surface area contributed by atoms with Crippen molar-refractivity contribution in [1.82, 2.24) is 0 Å². The molecule has 2 atom stereocenters. The van der Waals surface area contributed by atoms with E-state index in [9.17, 15) is 0 Å². The summed E-state index contributed by atoms with van der Waals surface area (Å²) in [5, 5.41) is 0. The molecule has 1 saturated heterocycles. The van der Waals surface area contributed by atoms with Crippen LogP contribution in [0.3, 0.4) is 0 Å². The van der Waals surface area contributed by atoms with E-state index in [-0.39, 0.29) is 11.5 Å². The molecular weight excluding hydrogens is 252 g/mol. The van der Waals surface area contributed by atoms with Crippen LogP contribution in [0.4, 0.5) is 0 Å². The second-order valence-electron chi connectivity index (χ2n) is 5.80. The Morgan fingerprint density at radius 2 is 2.18 bits per heavy atom. The lowest BCUT2D eigenvalue weighted by Crippen LogP contribution is -2.23. The van der Waals surface area contributed by atoms with Gasteiger partial charge in [-0.15, -0.1) is 22.9 Å². The monoisotopic (exact) mass is 272 g/mol. The molecule has 1 fully saturated rings. The van der Waals surface area contributed by atoms with E-state index in [1.54, 1.807) is 0 Å². The van der Waals surface area contributed by atoms with E-state index in [0.29, 0.717) is 11.8 Å². The number of alkyl halides is 1. The van der Waals surface area contributed by atoms with Gasteiger partial charge in [-0.3, -0.25) is 0 Å². The number of halogens is 1. The van der Waals surface area contributed by atoms with Crippen LogP contribution in [-0.2, 0) is 10.2 Å². The molecule has 1 aliphatic rings. The van der Waals surface area contributed by atoms with Gasteiger partial charge in [0.15, 0.2) is 0 Å². The highest BCUT2D eigenvalue weighted by Crippen LogP contribution is 2.40. The van der Waals surface area contributed by atoms with Gasteiger partial charge < -0.3 is 4.74 Å². The van der Waals surface area contributed by atoms with E-state index in [1.165, 1.54) is 16.2 Å². The molecule has 0 radical (unpaired) electrons. The first kappa shape index (κ1) is 13.4. The summed E-state index contributed by atoms with van der Waals surface area (Å²) in [6.07, 6.45) is 2.56. The highest BCUT2D eigenvalue weighted by Gasteiger charge is 2.29. The Balaban J connectivity index is 2.18. The lowest BCUT2D eigenvalue weighted by Gasteiger charge is -2.29. The third-order valence-corrected chi connectivity index (χ3v) is 5.26. The van der Waals surface area contributed by atoms with Crippen LogP contribution in [0.1, 0.15) is 49.5 Å². The molecule has 0 bridgehead atoms. The molecule has 3 heteroatoms. The number of hydrogen-bond acceptors (Lipinski definition) is 2. The third-order valence-electron chi connectivity index (χ3n) is 3.29. The second-order valence-corrected chi connectivity index (χ2v) is 7.22. The summed E-state index contributed by atoms with van der Waals surface area (Å²) in [5.41, 5.74) is 0.230. The maximum Gasteiger partial charge on any atom is 0.0956 e. The van der Waals surface area contributed by atoms with Crippen molar-refractivity contribution < 1.29 is 4.74 Å². The molecule has 2 rings (SSSR count). The van der Waals surface area contributed by atoms with Crippen LogP contribution in [0.2, 0.25) is 0 Å². The zero-order valence-corrected chi connectivity index (χ0v) is 12.4. The maximum atomic E-state index is 6.05. The van der Waals surface area contributed by atoms with Crippen molar-refractivity contribution in [3.8, 4) is 0 Å². The van der Waals surface area contributed by atoms with E-state index in [0.717, 1.165) is 13.0 Å². The third kappa shape index (κ3) is 3.04. The minimum absolute atomic E-state index is 0.224. The number of ether oxygens (including phenoxy) is 1. The molecule has 2 heterocycles. The average molecular weight is 273 g/mol. The van der Waals surface area contributed by atoms with Crippen LogP contribution in [0, 0.1) is 5.92 Å². The molecule has 0 spiro atoms. The maximum absolute atomic E-state index is 6.05. The standard InChI is InChI=1S/C14H21ClOS/c1-14(2,3)12-7-6-11(17-12)13-10(9-15)5-4-8-16-13/h6-7,10,13H,4-5,8-9H2,1-3H3. The van der Waals surface area contributed by atoms with E-state index in [4.69, 9.17) is 16.3 Å². The first-order valence-corrected chi connectivity index (χ1v) is 7.65. The molecular formula is C14H21ClOS. The van der Waals surface area contributed by atoms with Crippen molar-refractivity contribution in [2.45, 2.75) is 45.1 Å². The van der Waals surface area contributed by atoms with Gasteiger partial charge in [0.05, 0.1) is 6.10 Å². The fourth-order valence-electron chi connectivity index (χ4n) is 2.22. The summed E-state index contributed by atoms with van der Waals surface area (Å²) in [6, 6.07) is 4.46. The van der Waals surface area contributed by atoms with Gasteiger partial charge in [-0.1, -0.05) is 20.8 Å². The van der Waals surface area contributed by atoms with Crippen molar-refractivity contribution in [2.75, 3.05) is 12.5 Å². The summed E-state index contributed by atoms with van der Waals surface area (Å²) in [4.78, 5) is 2.77. The SMILES string of the molecule is CC(C)(C)c1ccc(C2OCCCC2CCl)s1. The van der Waals surface area contributed by atoms with Crippen molar-refractivity contribution in [1.29, 1.82) is 0 Å². The van der Waals surface area contributed by atoms with Gasteiger partial charge >= 0.3 is 0 Å². The summed E-state index contributed by atoms with van der Waals surface area (Å²) < 4.78 is 5.92. The largest absolute Gasteiger partial charge is 0.372 e. The summed E-state index contributed by atoms with van der Waals surface area (Å²) >= 11 is 7.93. The topological polar surface area (TPSA) is 9.23 Å². The Morgan fingerprint density at radius 3 is 2.76 bits per heavy atom. The Kier molecular flexibility index (Phi) is 4.17. The molecule has 0 amide bonds. The lowest BCUT2D eigenvalue weighted by molar-refractivity contribution is -0.0186. The smallest absolute Gasteiger partial charge is 0.0956 e. The van der Waals surface area contributed by atoms with E-state index < -0.39 is 0 Å². The van der Waals surface area contributed by atoms with E-state index in [2.05, 4.69) is 32.9 Å². The molecule has 1 nitrogen and oxygen atoms in total. The molecule has 1 aliphatic heterocycles. The Bertz CT molecular complexity index is 367. The van der Waals surface area contributed by atoms with Crippen LogP contribution in [0.25, 0.3) is 0 Å². The summed E-state index contributed by atoms with van der Waals surface area (Å²) in [7, 11) is 0. The highest BCUT2D eigenvalue weighted by atomic mass is 35.5. The van der Waals surface area contributed by atoms with Crippen molar-refractivity contribution in [2.24, 2.45) is 5.92 Å². The first-order chi connectivity index (χ1) is 8.02. The minimum Gasteiger partial charge on any atom is -0.372 e. The quantitative estimate of drug-likeness (QED) is 0.706. The Morgan fingerprint density at radius 1 is 1.41 bits per heavy atom. The van der Waals surface area contributed by atoms with Gasteiger partial charge in [0.25, 0.3) is 0 Å². The van der Waals surface area contributed by atoms with E-state index >= 15 is 0 Å². The van der Waals surface area contributed by atoms with Crippen LogP contribution >= 0.6 is 22.9 Å². The minimum atomic E-state index is 0.224. The fourth-order valence-corrected chi connectivity index (χ4v) is 3.75. The molecule has 2 unspecified atom stereocenters. The molecule has 1 aromatic heterocycles. The van der Waals surface area contributed by atoms with Crippen LogP contribution in [0.15, 0.2) is 12.1 Å². The normalized spacial score (nSPS) is 26.1. The number of hydrogen-bond donors (Lipinski definition) is 0. The Labute approximate surface area is 113 Å². The Hall–Kier alpha value is -0.0500. The second kappa shape index (κ2) is 5.29. The number of rotatable bonds is 2. The number of thiophene rings is 1. The average Bonchev–Trinajstić information content (AvgIpc) is 2.77. The van der Waals surface area contributed by atoms with Crippen molar-refractivity contribution in [3.05, 3.63) is 21.9 Å².